The average molecular weight is 266 g/mol. The lowest BCUT2D eigenvalue weighted by atomic mass is 9.58. The van der Waals surface area contributed by atoms with Gasteiger partial charge in [0.25, 0.3) is 0 Å². The molecule has 19 heavy (non-hydrogen) atoms. The van der Waals surface area contributed by atoms with E-state index in [1.165, 1.54) is 38.6 Å². The second kappa shape index (κ2) is 5.04. The van der Waals surface area contributed by atoms with Gasteiger partial charge in [-0.2, -0.15) is 0 Å². The first-order valence-electron chi connectivity index (χ1n) is 8.17. The number of hydrogen-bond acceptors (Lipinski definition) is 2. The highest BCUT2D eigenvalue weighted by Crippen LogP contribution is 2.52. The van der Waals surface area contributed by atoms with Crippen molar-refractivity contribution in [3.8, 4) is 0 Å². The van der Waals surface area contributed by atoms with E-state index < -0.39 is 0 Å². The van der Waals surface area contributed by atoms with Gasteiger partial charge in [-0.1, -0.05) is 34.6 Å². The van der Waals surface area contributed by atoms with Crippen molar-refractivity contribution in [2.45, 2.75) is 72.3 Å². The van der Waals surface area contributed by atoms with Gasteiger partial charge in [0, 0.05) is 18.6 Å². The molecular weight excluding hydrogens is 232 g/mol. The summed E-state index contributed by atoms with van der Waals surface area (Å²) in [5, 5.41) is 0. The molecule has 0 aromatic rings. The first kappa shape index (κ1) is 15.3. The van der Waals surface area contributed by atoms with E-state index in [2.05, 4.69) is 39.5 Å². The predicted octanol–water partition coefficient (Wildman–Crippen LogP) is 3.65. The lowest BCUT2D eigenvalue weighted by molar-refractivity contribution is -0.0434. The van der Waals surface area contributed by atoms with Crippen molar-refractivity contribution >= 4 is 0 Å². The van der Waals surface area contributed by atoms with Crippen molar-refractivity contribution in [1.82, 2.24) is 4.90 Å². The maximum atomic E-state index is 6.31. The summed E-state index contributed by atoms with van der Waals surface area (Å²) in [5.74, 6) is 0.955. The molecule has 0 atom stereocenters. The van der Waals surface area contributed by atoms with Crippen LogP contribution in [0.15, 0.2) is 0 Å². The van der Waals surface area contributed by atoms with Crippen LogP contribution in [0.3, 0.4) is 0 Å². The molecule has 2 N–H and O–H groups in total. The molecule has 0 saturated heterocycles. The molecule has 2 fully saturated rings. The molecule has 0 aliphatic heterocycles. The van der Waals surface area contributed by atoms with Gasteiger partial charge in [0.15, 0.2) is 0 Å². The van der Waals surface area contributed by atoms with Crippen LogP contribution in [-0.2, 0) is 0 Å². The highest BCUT2D eigenvalue weighted by molar-refractivity contribution is 5.05. The Morgan fingerprint density at radius 2 is 1.53 bits per heavy atom. The molecule has 0 heterocycles. The number of nitrogens with zero attached hydrogens (tertiary/aromatic N) is 1. The molecule has 0 radical (unpaired) electrons. The minimum absolute atomic E-state index is 0.239. The molecule has 2 nitrogen and oxygen atoms in total. The van der Waals surface area contributed by atoms with Crippen molar-refractivity contribution in [2.75, 3.05) is 19.6 Å². The van der Waals surface area contributed by atoms with Crippen LogP contribution in [0.1, 0.15) is 66.7 Å². The Labute approximate surface area is 120 Å². The molecule has 0 spiro atoms. The number of rotatable bonds is 5. The molecule has 0 unspecified atom stereocenters. The summed E-state index contributed by atoms with van der Waals surface area (Å²) in [6.45, 7) is 15.3. The number of likely N-dealkylation sites (N-methyl/N-ethyl adjacent to an activating group) is 1. The quantitative estimate of drug-likeness (QED) is 0.823. The first-order chi connectivity index (χ1) is 8.72. The molecule has 2 heteroatoms. The Balaban J connectivity index is 2.22. The molecule has 2 aliphatic rings. The summed E-state index contributed by atoms with van der Waals surface area (Å²) >= 11 is 0. The zero-order valence-electron chi connectivity index (χ0n) is 13.8. The zero-order valence-corrected chi connectivity index (χ0v) is 13.8. The van der Waals surface area contributed by atoms with Crippen LogP contribution in [0.25, 0.3) is 0 Å². The van der Waals surface area contributed by atoms with Crippen molar-refractivity contribution in [3.05, 3.63) is 0 Å². The van der Waals surface area contributed by atoms with E-state index in [0.717, 1.165) is 19.0 Å². The van der Waals surface area contributed by atoms with Crippen LogP contribution >= 0.6 is 0 Å². The smallest absolute Gasteiger partial charge is 0.0341 e. The van der Waals surface area contributed by atoms with Crippen molar-refractivity contribution in [2.24, 2.45) is 22.5 Å². The minimum atomic E-state index is 0.239. The molecule has 0 bridgehead atoms. The van der Waals surface area contributed by atoms with Gasteiger partial charge in [-0.05, 0) is 55.4 Å². The normalized spacial score (nSPS) is 28.6. The monoisotopic (exact) mass is 266 g/mol. The maximum absolute atomic E-state index is 6.31. The Kier molecular flexibility index (Phi) is 4.06. The van der Waals surface area contributed by atoms with Crippen LogP contribution in [0.5, 0.6) is 0 Å². The first-order valence-corrected chi connectivity index (χ1v) is 8.17. The van der Waals surface area contributed by atoms with Crippen molar-refractivity contribution in [1.29, 1.82) is 0 Å². The van der Waals surface area contributed by atoms with Crippen LogP contribution in [0.2, 0.25) is 0 Å². The summed E-state index contributed by atoms with van der Waals surface area (Å²) in [6, 6.07) is 0. The largest absolute Gasteiger partial charge is 0.329 e. The van der Waals surface area contributed by atoms with Crippen LogP contribution < -0.4 is 5.73 Å². The third kappa shape index (κ3) is 3.52. The molecule has 0 aromatic carbocycles. The second-order valence-electron chi connectivity index (χ2n) is 8.77. The summed E-state index contributed by atoms with van der Waals surface area (Å²) in [6.07, 6.45) is 6.72. The van der Waals surface area contributed by atoms with E-state index in [1.807, 2.05) is 0 Å². The van der Waals surface area contributed by atoms with E-state index in [4.69, 9.17) is 5.73 Å². The van der Waals surface area contributed by atoms with Gasteiger partial charge in [0.2, 0.25) is 0 Å². The fourth-order valence-electron chi connectivity index (χ4n) is 5.03. The van der Waals surface area contributed by atoms with Gasteiger partial charge in [-0.3, -0.25) is 4.90 Å². The van der Waals surface area contributed by atoms with Gasteiger partial charge >= 0.3 is 0 Å². The standard InChI is InChI=1S/C17H34N2/c1-6-19(9-14-7-8-14)17(13-18)11-15(2,3)10-16(4,5)12-17/h14H,6-13,18H2,1-5H3. The second-order valence-corrected chi connectivity index (χ2v) is 8.77. The van der Waals surface area contributed by atoms with Crippen LogP contribution in [0, 0.1) is 16.7 Å². The molecule has 0 aromatic heterocycles. The summed E-state index contributed by atoms with van der Waals surface area (Å²) in [4.78, 5) is 2.73. The van der Waals surface area contributed by atoms with Crippen molar-refractivity contribution in [3.63, 3.8) is 0 Å². The SMILES string of the molecule is CCN(CC1CC1)C1(CN)CC(C)(C)CC(C)(C)C1. The van der Waals surface area contributed by atoms with E-state index in [1.54, 1.807) is 0 Å². The average Bonchev–Trinajstić information content (AvgIpc) is 3.05. The Morgan fingerprint density at radius 3 is 1.89 bits per heavy atom. The molecule has 2 aliphatic carbocycles. The lowest BCUT2D eigenvalue weighted by Gasteiger charge is -2.56. The number of hydrogen-bond donors (Lipinski definition) is 1. The van der Waals surface area contributed by atoms with Gasteiger partial charge < -0.3 is 5.73 Å². The van der Waals surface area contributed by atoms with Crippen LogP contribution in [0.4, 0.5) is 0 Å². The minimum Gasteiger partial charge on any atom is -0.329 e. The van der Waals surface area contributed by atoms with Gasteiger partial charge in [-0.25, -0.2) is 0 Å². The van der Waals surface area contributed by atoms with Gasteiger partial charge in [0.05, 0.1) is 0 Å². The van der Waals surface area contributed by atoms with E-state index >= 15 is 0 Å². The van der Waals surface area contributed by atoms with Gasteiger partial charge in [0.1, 0.15) is 0 Å². The maximum Gasteiger partial charge on any atom is 0.0341 e. The summed E-state index contributed by atoms with van der Waals surface area (Å²) in [5.41, 5.74) is 7.38. The van der Waals surface area contributed by atoms with E-state index in [9.17, 15) is 0 Å². The summed E-state index contributed by atoms with van der Waals surface area (Å²) < 4.78 is 0. The topological polar surface area (TPSA) is 29.3 Å². The zero-order chi connectivity index (χ0) is 14.3. The lowest BCUT2D eigenvalue weighted by Crippen LogP contribution is -2.61. The highest BCUT2D eigenvalue weighted by atomic mass is 15.2. The number of nitrogens with two attached hydrogens (primary N) is 1. The van der Waals surface area contributed by atoms with Crippen molar-refractivity contribution < 1.29 is 0 Å². The fourth-order valence-corrected chi connectivity index (χ4v) is 5.03. The van der Waals surface area contributed by atoms with E-state index in [0.29, 0.717) is 10.8 Å². The predicted molar refractivity (Wildman–Crippen MR) is 83.2 cm³/mol. The van der Waals surface area contributed by atoms with Crippen LogP contribution in [-0.4, -0.2) is 30.1 Å². The Morgan fingerprint density at radius 1 is 1.00 bits per heavy atom. The third-order valence-electron chi connectivity index (χ3n) is 5.18. The molecule has 2 rings (SSSR count). The fraction of sp³-hybridized carbons (Fsp3) is 1.00. The van der Waals surface area contributed by atoms with E-state index in [-0.39, 0.29) is 5.54 Å². The highest BCUT2D eigenvalue weighted by Gasteiger charge is 2.49. The molecule has 0 amide bonds. The van der Waals surface area contributed by atoms with Gasteiger partial charge in [-0.15, -0.1) is 0 Å². The Bertz CT molecular complexity index is 299. The summed E-state index contributed by atoms with van der Waals surface area (Å²) in [7, 11) is 0. The molecule has 112 valence electrons. The molecule has 2 saturated carbocycles. The molecular formula is C17H34N2. The third-order valence-corrected chi connectivity index (χ3v) is 5.18. The Hall–Kier alpha value is -0.0800.